The normalized spacial score (nSPS) is 11.8. The highest BCUT2D eigenvalue weighted by atomic mass is 32.2. The van der Waals surface area contributed by atoms with Crippen LogP contribution in [0.25, 0.3) is 11.4 Å². The van der Waals surface area contributed by atoms with Gasteiger partial charge in [0.25, 0.3) is 0 Å². The number of nitrogens with one attached hydrogen (secondary N) is 2. The molecule has 2 N–H and O–H groups in total. The summed E-state index contributed by atoms with van der Waals surface area (Å²) in [4.78, 5) is 14.9. The number of hydrogen-bond acceptors (Lipinski definition) is 6. The molecule has 2 heterocycles. The third-order valence-electron chi connectivity index (χ3n) is 3.98. The molecule has 1 aromatic carbocycles. The minimum absolute atomic E-state index is 0.293. The zero-order valence-electron chi connectivity index (χ0n) is 15.2. The molecule has 26 heavy (non-hydrogen) atoms. The highest BCUT2D eigenvalue weighted by Gasteiger charge is 2.10. The van der Waals surface area contributed by atoms with Crippen LogP contribution in [0, 0.1) is 0 Å². The fourth-order valence-electron chi connectivity index (χ4n) is 2.39. The fourth-order valence-corrected chi connectivity index (χ4v) is 2.85. The Morgan fingerprint density at radius 1 is 1.04 bits per heavy atom. The van der Waals surface area contributed by atoms with Crippen LogP contribution in [0.15, 0.2) is 59.6 Å². The van der Waals surface area contributed by atoms with E-state index in [1.807, 2.05) is 36.4 Å². The van der Waals surface area contributed by atoms with Crippen LogP contribution in [0.5, 0.6) is 0 Å². The Kier molecular flexibility index (Phi) is 6.07. The first-order valence-corrected chi connectivity index (χ1v) is 9.88. The van der Waals surface area contributed by atoms with Crippen molar-refractivity contribution in [1.29, 1.82) is 0 Å². The van der Waals surface area contributed by atoms with E-state index in [0.717, 1.165) is 29.3 Å². The van der Waals surface area contributed by atoms with Gasteiger partial charge in [0.2, 0.25) is 5.95 Å². The summed E-state index contributed by atoms with van der Waals surface area (Å²) in [7, 11) is 0. The molecule has 0 saturated heterocycles. The standard InChI is InChI=1S/C20H23N5S/c1-4-14(2)22-20-24-18(17-10-5-6-11-21-17)13-19(25-20)23-15-8-7-9-16(12-15)26-3/h5-14H,4H2,1-3H3,(H2,22,23,24,25)/t14-/m1/s1. The SMILES string of the molecule is CC[C@@H](C)Nc1nc(Nc2cccc(SC)c2)cc(-c2ccccn2)n1. The van der Waals surface area contributed by atoms with Crippen LogP contribution in [-0.4, -0.2) is 27.2 Å². The zero-order valence-corrected chi connectivity index (χ0v) is 16.0. The second-order valence-corrected chi connectivity index (χ2v) is 6.87. The number of pyridine rings is 1. The molecule has 134 valence electrons. The molecule has 0 aliphatic carbocycles. The number of aromatic nitrogens is 3. The lowest BCUT2D eigenvalue weighted by molar-refractivity contribution is 0.753. The van der Waals surface area contributed by atoms with Gasteiger partial charge in [-0.2, -0.15) is 4.98 Å². The topological polar surface area (TPSA) is 62.7 Å². The number of rotatable bonds is 7. The van der Waals surface area contributed by atoms with E-state index in [-0.39, 0.29) is 0 Å². The van der Waals surface area contributed by atoms with Crippen molar-refractivity contribution in [3.05, 3.63) is 54.7 Å². The summed E-state index contributed by atoms with van der Waals surface area (Å²) in [5.41, 5.74) is 2.61. The van der Waals surface area contributed by atoms with Gasteiger partial charge >= 0.3 is 0 Å². The first-order chi connectivity index (χ1) is 12.7. The minimum Gasteiger partial charge on any atom is -0.352 e. The Labute approximate surface area is 158 Å². The van der Waals surface area contributed by atoms with Crippen LogP contribution in [0.4, 0.5) is 17.5 Å². The molecule has 0 unspecified atom stereocenters. The van der Waals surface area contributed by atoms with Crippen molar-refractivity contribution in [3.63, 3.8) is 0 Å². The van der Waals surface area contributed by atoms with Gasteiger partial charge in [0.05, 0.1) is 11.4 Å². The van der Waals surface area contributed by atoms with Crippen molar-refractivity contribution >= 4 is 29.2 Å². The molecule has 0 spiro atoms. The van der Waals surface area contributed by atoms with Gasteiger partial charge in [-0.3, -0.25) is 4.98 Å². The maximum atomic E-state index is 4.64. The average Bonchev–Trinajstić information content (AvgIpc) is 2.68. The first kappa shape index (κ1) is 18.2. The van der Waals surface area contributed by atoms with Crippen LogP contribution in [0.1, 0.15) is 20.3 Å². The van der Waals surface area contributed by atoms with Crippen LogP contribution in [-0.2, 0) is 0 Å². The lowest BCUT2D eigenvalue weighted by Gasteiger charge is -2.14. The summed E-state index contributed by atoms with van der Waals surface area (Å²) in [6, 6.07) is 16.3. The van der Waals surface area contributed by atoms with Gasteiger partial charge in [-0.15, -0.1) is 11.8 Å². The number of anilines is 3. The molecule has 3 aromatic rings. The van der Waals surface area contributed by atoms with Gasteiger partial charge in [0, 0.05) is 28.9 Å². The van der Waals surface area contributed by atoms with E-state index in [2.05, 4.69) is 57.8 Å². The van der Waals surface area contributed by atoms with E-state index in [9.17, 15) is 0 Å². The summed E-state index contributed by atoms with van der Waals surface area (Å²) < 4.78 is 0. The van der Waals surface area contributed by atoms with Crippen LogP contribution in [0.2, 0.25) is 0 Å². The third-order valence-corrected chi connectivity index (χ3v) is 4.71. The molecule has 3 rings (SSSR count). The van der Waals surface area contributed by atoms with Gasteiger partial charge < -0.3 is 10.6 Å². The van der Waals surface area contributed by atoms with Gasteiger partial charge in [-0.1, -0.05) is 19.1 Å². The summed E-state index contributed by atoms with van der Waals surface area (Å²) in [5, 5.41) is 6.74. The Bertz CT molecular complexity index is 854. The smallest absolute Gasteiger partial charge is 0.225 e. The quantitative estimate of drug-likeness (QED) is 0.560. The predicted molar refractivity (Wildman–Crippen MR) is 110 cm³/mol. The predicted octanol–water partition coefficient (Wildman–Crippen LogP) is 5.21. The van der Waals surface area contributed by atoms with E-state index < -0.39 is 0 Å². The highest BCUT2D eigenvalue weighted by molar-refractivity contribution is 7.98. The van der Waals surface area contributed by atoms with E-state index >= 15 is 0 Å². The number of nitrogens with zero attached hydrogens (tertiary/aromatic N) is 3. The molecule has 0 aliphatic heterocycles. The maximum Gasteiger partial charge on any atom is 0.225 e. The van der Waals surface area contributed by atoms with Crippen LogP contribution >= 0.6 is 11.8 Å². The highest BCUT2D eigenvalue weighted by Crippen LogP contribution is 2.25. The average molecular weight is 366 g/mol. The molecule has 0 radical (unpaired) electrons. The zero-order chi connectivity index (χ0) is 18.4. The van der Waals surface area contributed by atoms with Crippen molar-refractivity contribution in [2.75, 3.05) is 16.9 Å². The van der Waals surface area contributed by atoms with E-state index in [1.165, 1.54) is 4.90 Å². The number of benzene rings is 1. The Morgan fingerprint density at radius 2 is 1.92 bits per heavy atom. The summed E-state index contributed by atoms with van der Waals surface area (Å²) >= 11 is 1.71. The molecule has 0 bridgehead atoms. The van der Waals surface area contributed by atoms with Crippen molar-refractivity contribution in [2.45, 2.75) is 31.2 Å². The van der Waals surface area contributed by atoms with Gasteiger partial charge in [0.1, 0.15) is 5.82 Å². The van der Waals surface area contributed by atoms with Gasteiger partial charge in [0.15, 0.2) is 0 Å². The Hall–Kier alpha value is -2.60. The second-order valence-electron chi connectivity index (χ2n) is 5.99. The molecule has 0 amide bonds. The lowest BCUT2D eigenvalue weighted by Crippen LogP contribution is -2.16. The van der Waals surface area contributed by atoms with Crippen molar-refractivity contribution in [3.8, 4) is 11.4 Å². The molecule has 0 saturated carbocycles. The largest absolute Gasteiger partial charge is 0.352 e. The first-order valence-electron chi connectivity index (χ1n) is 8.66. The fraction of sp³-hybridized carbons (Fsp3) is 0.250. The Morgan fingerprint density at radius 3 is 2.65 bits per heavy atom. The van der Waals surface area contributed by atoms with Crippen LogP contribution < -0.4 is 10.6 Å². The van der Waals surface area contributed by atoms with Gasteiger partial charge in [-0.05, 0) is 49.9 Å². The lowest BCUT2D eigenvalue weighted by atomic mass is 10.2. The summed E-state index contributed by atoms with van der Waals surface area (Å²) in [6.07, 6.45) is 4.83. The van der Waals surface area contributed by atoms with Crippen molar-refractivity contribution in [2.24, 2.45) is 0 Å². The summed E-state index contributed by atoms with van der Waals surface area (Å²) in [6.45, 7) is 4.25. The van der Waals surface area contributed by atoms with E-state index in [0.29, 0.717) is 12.0 Å². The molecule has 2 aromatic heterocycles. The molecule has 0 aliphatic rings. The monoisotopic (exact) mass is 365 g/mol. The molecular weight excluding hydrogens is 342 g/mol. The van der Waals surface area contributed by atoms with Crippen LogP contribution in [0.3, 0.4) is 0 Å². The van der Waals surface area contributed by atoms with Crippen molar-refractivity contribution in [1.82, 2.24) is 15.0 Å². The molecule has 0 fully saturated rings. The molecule has 6 heteroatoms. The number of thioether (sulfide) groups is 1. The molecular formula is C20H23N5S. The Balaban J connectivity index is 1.96. The minimum atomic E-state index is 0.293. The number of hydrogen-bond donors (Lipinski definition) is 2. The molecule has 5 nitrogen and oxygen atoms in total. The second kappa shape index (κ2) is 8.67. The van der Waals surface area contributed by atoms with E-state index in [4.69, 9.17) is 0 Å². The van der Waals surface area contributed by atoms with Crippen molar-refractivity contribution < 1.29 is 0 Å². The summed E-state index contributed by atoms with van der Waals surface area (Å²) in [5.74, 6) is 1.34. The van der Waals surface area contributed by atoms with E-state index in [1.54, 1.807) is 18.0 Å². The molecule has 1 atom stereocenters. The van der Waals surface area contributed by atoms with Gasteiger partial charge in [-0.25, -0.2) is 4.98 Å². The third kappa shape index (κ3) is 4.73. The maximum absolute atomic E-state index is 4.64.